The molecule has 0 saturated heterocycles. The minimum Gasteiger partial charge on any atom is -0.469 e. The molecule has 0 aliphatic carbocycles. The molecule has 1 aromatic carbocycles. The third-order valence-corrected chi connectivity index (χ3v) is 3.34. The van der Waals surface area contributed by atoms with Crippen molar-refractivity contribution < 1.29 is 19.4 Å². The number of ether oxygens (including phenoxy) is 1. The van der Waals surface area contributed by atoms with E-state index in [2.05, 4.69) is 17.0 Å². The van der Waals surface area contributed by atoms with Crippen LogP contribution in [0.1, 0.15) is 48.0 Å². The number of methoxy groups -OCH3 is 1. The lowest BCUT2D eigenvalue weighted by molar-refractivity contribution is -0.140. The van der Waals surface area contributed by atoms with Crippen molar-refractivity contribution in [2.45, 2.75) is 32.1 Å². The minimum absolute atomic E-state index is 0.110. The third-order valence-electron chi connectivity index (χ3n) is 3.34. The highest BCUT2D eigenvalue weighted by Gasteiger charge is 2.11. The highest BCUT2D eigenvalue weighted by molar-refractivity contribution is 5.94. The molecule has 5 nitrogen and oxygen atoms in total. The zero-order valence-electron chi connectivity index (χ0n) is 12.6. The van der Waals surface area contributed by atoms with Crippen LogP contribution in [0.25, 0.3) is 0 Å². The largest absolute Gasteiger partial charge is 0.469 e. The van der Waals surface area contributed by atoms with Crippen LogP contribution in [-0.2, 0) is 9.53 Å². The molecule has 21 heavy (non-hydrogen) atoms. The Labute approximate surface area is 125 Å². The minimum atomic E-state index is -0.351. The van der Waals surface area contributed by atoms with Crippen LogP contribution in [0.5, 0.6) is 0 Å². The van der Waals surface area contributed by atoms with Crippen molar-refractivity contribution in [3.05, 3.63) is 35.4 Å². The number of hydrogen-bond acceptors (Lipinski definition) is 4. The Balaban J connectivity index is 2.56. The molecule has 1 unspecified atom stereocenters. The Morgan fingerprint density at radius 1 is 1.29 bits per heavy atom. The predicted molar refractivity (Wildman–Crippen MR) is 80.1 cm³/mol. The summed E-state index contributed by atoms with van der Waals surface area (Å²) in [4.78, 5) is 22.8. The quantitative estimate of drug-likeness (QED) is 0.717. The van der Waals surface area contributed by atoms with Crippen LogP contribution in [0.4, 0.5) is 0 Å². The highest BCUT2D eigenvalue weighted by Crippen LogP contribution is 2.21. The van der Waals surface area contributed by atoms with E-state index in [1.807, 2.05) is 12.1 Å². The topological polar surface area (TPSA) is 75.6 Å². The molecular weight excluding hydrogens is 270 g/mol. The second-order valence-electron chi connectivity index (χ2n) is 4.87. The fourth-order valence-corrected chi connectivity index (χ4v) is 2.10. The molecule has 0 bridgehead atoms. The van der Waals surface area contributed by atoms with Crippen LogP contribution in [-0.4, -0.2) is 37.2 Å². The van der Waals surface area contributed by atoms with Crippen molar-refractivity contribution in [1.29, 1.82) is 0 Å². The van der Waals surface area contributed by atoms with Crippen LogP contribution in [0.15, 0.2) is 24.3 Å². The first kappa shape index (κ1) is 17.2. The standard InChI is InChI=1S/C16H23NO4/c1-3-4-14(11-18)12-5-7-13(8-6-12)16(20)17-10-9-15(19)21-2/h5-8,14,18H,3-4,9-11H2,1-2H3,(H,17,20). The zero-order chi connectivity index (χ0) is 15.7. The van der Waals surface area contributed by atoms with Gasteiger partial charge < -0.3 is 15.2 Å². The number of carbonyl (C=O) groups excluding carboxylic acids is 2. The lowest BCUT2D eigenvalue weighted by atomic mass is 9.94. The fraction of sp³-hybridized carbons (Fsp3) is 0.500. The summed E-state index contributed by atoms with van der Waals surface area (Å²) in [6.07, 6.45) is 2.07. The summed E-state index contributed by atoms with van der Waals surface area (Å²) in [6.45, 7) is 2.44. The van der Waals surface area contributed by atoms with Crippen LogP contribution in [0.3, 0.4) is 0 Å². The monoisotopic (exact) mass is 293 g/mol. The first-order valence-electron chi connectivity index (χ1n) is 7.18. The maximum atomic E-state index is 11.9. The first-order chi connectivity index (χ1) is 10.1. The van der Waals surface area contributed by atoms with Gasteiger partial charge in [0.05, 0.1) is 13.5 Å². The van der Waals surface area contributed by atoms with E-state index in [1.165, 1.54) is 7.11 Å². The molecule has 1 amide bonds. The lowest BCUT2D eigenvalue weighted by Crippen LogP contribution is -2.26. The van der Waals surface area contributed by atoms with Gasteiger partial charge in [-0.05, 0) is 24.1 Å². The van der Waals surface area contributed by atoms with Crippen molar-refractivity contribution in [1.82, 2.24) is 5.32 Å². The van der Waals surface area contributed by atoms with E-state index in [-0.39, 0.29) is 37.4 Å². The number of aliphatic hydroxyl groups excluding tert-OH is 1. The van der Waals surface area contributed by atoms with E-state index in [1.54, 1.807) is 12.1 Å². The van der Waals surface area contributed by atoms with E-state index in [0.29, 0.717) is 5.56 Å². The molecule has 1 rings (SSSR count). The molecule has 0 spiro atoms. The fourth-order valence-electron chi connectivity index (χ4n) is 2.10. The maximum Gasteiger partial charge on any atom is 0.307 e. The number of amides is 1. The Morgan fingerprint density at radius 3 is 2.48 bits per heavy atom. The normalized spacial score (nSPS) is 11.8. The number of esters is 1. The van der Waals surface area contributed by atoms with Crippen molar-refractivity contribution in [3.8, 4) is 0 Å². The molecule has 0 aliphatic heterocycles. The lowest BCUT2D eigenvalue weighted by Gasteiger charge is -2.14. The summed E-state index contributed by atoms with van der Waals surface area (Å²) in [5.74, 6) is -0.455. The van der Waals surface area contributed by atoms with E-state index < -0.39 is 0 Å². The maximum absolute atomic E-state index is 11.9. The van der Waals surface area contributed by atoms with E-state index in [9.17, 15) is 14.7 Å². The Morgan fingerprint density at radius 2 is 1.95 bits per heavy atom. The van der Waals surface area contributed by atoms with E-state index in [0.717, 1.165) is 18.4 Å². The number of rotatable bonds is 8. The van der Waals surface area contributed by atoms with E-state index in [4.69, 9.17) is 0 Å². The van der Waals surface area contributed by atoms with Crippen molar-refractivity contribution in [2.24, 2.45) is 0 Å². The number of benzene rings is 1. The van der Waals surface area contributed by atoms with Gasteiger partial charge in [0, 0.05) is 24.6 Å². The Bertz CT molecular complexity index is 456. The van der Waals surface area contributed by atoms with Gasteiger partial charge >= 0.3 is 5.97 Å². The number of hydrogen-bond donors (Lipinski definition) is 2. The molecule has 0 aliphatic rings. The molecule has 0 fully saturated rings. The zero-order valence-corrected chi connectivity index (χ0v) is 12.6. The third kappa shape index (κ3) is 5.55. The van der Waals surface area contributed by atoms with Crippen molar-refractivity contribution in [2.75, 3.05) is 20.3 Å². The molecular formula is C16H23NO4. The van der Waals surface area contributed by atoms with Gasteiger partial charge in [-0.1, -0.05) is 25.5 Å². The molecule has 2 N–H and O–H groups in total. The van der Waals surface area contributed by atoms with Crippen LogP contribution < -0.4 is 5.32 Å². The molecule has 116 valence electrons. The summed E-state index contributed by atoms with van der Waals surface area (Å²) in [7, 11) is 1.32. The predicted octanol–water partition coefficient (Wildman–Crippen LogP) is 1.86. The van der Waals surface area contributed by atoms with Crippen LogP contribution in [0, 0.1) is 0 Å². The average Bonchev–Trinajstić information content (AvgIpc) is 2.52. The van der Waals surface area contributed by atoms with Crippen LogP contribution in [0.2, 0.25) is 0 Å². The molecule has 0 aromatic heterocycles. The second-order valence-corrected chi connectivity index (χ2v) is 4.87. The van der Waals surface area contributed by atoms with Gasteiger partial charge in [-0.25, -0.2) is 0 Å². The summed E-state index contributed by atoms with van der Waals surface area (Å²) in [6, 6.07) is 7.21. The SMILES string of the molecule is CCCC(CO)c1ccc(C(=O)NCCC(=O)OC)cc1. The van der Waals surface area contributed by atoms with Crippen LogP contribution >= 0.6 is 0 Å². The van der Waals surface area contributed by atoms with E-state index >= 15 is 0 Å². The summed E-state index contributed by atoms with van der Waals surface area (Å²) < 4.78 is 4.50. The molecule has 1 atom stereocenters. The number of carbonyl (C=O) groups is 2. The van der Waals surface area contributed by atoms with Gasteiger partial charge in [0.25, 0.3) is 5.91 Å². The van der Waals surface area contributed by atoms with Crippen molar-refractivity contribution in [3.63, 3.8) is 0 Å². The summed E-state index contributed by atoms with van der Waals surface area (Å²) in [5.41, 5.74) is 1.57. The number of aliphatic hydroxyl groups is 1. The molecule has 5 heteroatoms. The van der Waals surface area contributed by atoms with Gasteiger partial charge in [-0.2, -0.15) is 0 Å². The second kappa shape index (κ2) is 9.13. The van der Waals surface area contributed by atoms with Crippen molar-refractivity contribution >= 4 is 11.9 Å². The average molecular weight is 293 g/mol. The molecule has 0 heterocycles. The number of nitrogens with one attached hydrogen (secondary N) is 1. The molecule has 0 radical (unpaired) electrons. The van der Waals surface area contributed by atoms with Gasteiger partial charge in [0.1, 0.15) is 0 Å². The first-order valence-corrected chi connectivity index (χ1v) is 7.18. The summed E-state index contributed by atoms with van der Waals surface area (Å²) >= 11 is 0. The van der Waals surface area contributed by atoms with Gasteiger partial charge in [-0.3, -0.25) is 9.59 Å². The molecule has 1 aromatic rings. The van der Waals surface area contributed by atoms with Gasteiger partial charge in [0.15, 0.2) is 0 Å². The smallest absolute Gasteiger partial charge is 0.307 e. The summed E-state index contributed by atoms with van der Waals surface area (Å²) in [5, 5.41) is 12.0. The van der Waals surface area contributed by atoms with Gasteiger partial charge in [0.2, 0.25) is 0 Å². The highest BCUT2D eigenvalue weighted by atomic mass is 16.5. The Kier molecular flexibility index (Phi) is 7.46. The Hall–Kier alpha value is -1.88. The molecule has 0 saturated carbocycles. The van der Waals surface area contributed by atoms with Gasteiger partial charge in [-0.15, -0.1) is 0 Å².